The molecular weight excluding hydrogens is 378 g/mol. The SMILES string of the molecule is C/C=C/c1ccc(OCCCn2c(CN(C)C(C)=O)nc3ccccc32)c(OC)c1. The number of para-hydroxylation sites is 2. The fraction of sp³-hybridized carbons (Fsp3) is 0.333. The number of rotatable bonds is 9. The molecule has 0 bridgehead atoms. The summed E-state index contributed by atoms with van der Waals surface area (Å²) >= 11 is 0. The van der Waals surface area contributed by atoms with Crippen LogP contribution in [0.4, 0.5) is 0 Å². The van der Waals surface area contributed by atoms with Crippen LogP contribution in [0.15, 0.2) is 48.5 Å². The highest BCUT2D eigenvalue weighted by Crippen LogP contribution is 2.29. The van der Waals surface area contributed by atoms with Gasteiger partial charge in [0.25, 0.3) is 0 Å². The van der Waals surface area contributed by atoms with E-state index >= 15 is 0 Å². The summed E-state index contributed by atoms with van der Waals surface area (Å²) in [4.78, 5) is 18.1. The summed E-state index contributed by atoms with van der Waals surface area (Å²) in [7, 11) is 3.44. The average molecular weight is 408 g/mol. The van der Waals surface area contributed by atoms with Crippen LogP contribution in [0.25, 0.3) is 17.1 Å². The number of aromatic nitrogens is 2. The molecule has 0 spiro atoms. The van der Waals surface area contributed by atoms with E-state index in [0.29, 0.717) is 13.2 Å². The molecule has 6 nitrogen and oxygen atoms in total. The van der Waals surface area contributed by atoms with Crippen LogP contribution in [-0.2, 0) is 17.9 Å². The number of allylic oxidation sites excluding steroid dienone is 1. The molecule has 0 saturated heterocycles. The van der Waals surface area contributed by atoms with Gasteiger partial charge in [-0.3, -0.25) is 4.79 Å². The van der Waals surface area contributed by atoms with E-state index in [4.69, 9.17) is 14.5 Å². The molecule has 0 saturated carbocycles. The molecule has 3 rings (SSSR count). The second-order valence-electron chi connectivity index (χ2n) is 7.16. The van der Waals surface area contributed by atoms with Gasteiger partial charge in [0, 0.05) is 20.5 Å². The monoisotopic (exact) mass is 407 g/mol. The molecule has 1 aromatic heterocycles. The lowest BCUT2D eigenvalue weighted by Crippen LogP contribution is -2.25. The van der Waals surface area contributed by atoms with Crippen molar-refractivity contribution in [3.63, 3.8) is 0 Å². The fourth-order valence-corrected chi connectivity index (χ4v) is 3.32. The molecule has 3 aromatic rings. The minimum atomic E-state index is 0.0189. The normalized spacial score (nSPS) is 11.2. The van der Waals surface area contributed by atoms with Gasteiger partial charge in [-0.2, -0.15) is 0 Å². The van der Waals surface area contributed by atoms with Crippen molar-refractivity contribution >= 4 is 23.0 Å². The first-order valence-electron chi connectivity index (χ1n) is 10.1. The Labute approximate surface area is 177 Å². The summed E-state index contributed by atoms with van der Waals surface area (Å²) in [5.41, 5.74) is 3.08. The highest BCUT2D eigenvalue weighted by atomic mass is 16.5. The topological polar surface area (TPSA) is 56.6 Å². The molecule has 6 heteroatoms. The van der Waals surface area contributed by atoms with Gasteiger partial charge in [-0.15, -0.1) is 0 Å². The maximum Gasteiger partial charge on any atom is 0.219 e. The van der Waals surface area contributed by atoms with Crippen molar-refractivity contribution in [2.45, 2.75) is 33.4 Å². The minimum Gasteiger partial charge on any atom is -0.493 e. The molecule has 0 N–H and O–H groups in total. The molecule has 0 fully saturated rings. The van der Waals surface area contributed by atoms with E-state index in [-0.39, 0.29) is 5.91 Å². The van der Waals surface area contributed by atoms with Crippen LogP contribution in [0.2, 0.25) is 0 Å². The fourth-order valence-electron chi connectivity index (χ4n) is 3.32. The first kappa shape index (κ1) is 21.4. The molecule has 0 unspecified atom stereocenters. The van der Waals surface area contributed by atoms with Crippen molar-refractivity contribution < 1.29 is 14.3 Å². The van der Waals surface area contributed by atoms with Crippen molar-refractivity contribution in [2.24, 2.45) is 0 Å². The number of carbonyl (C=O) groups excluding carboxylic acids is 1. The van der Waals surface area contributed by atoms with Crippen molar-refractivity contribution in [3.05, 3.63) is 59.9 Å². The number of methoxy groups -OCH3 is 1. The summed E-state index contributed by atoms with van der Waals surface area (Å²) in [6.45, 7) is 5.33. The Morgan fingerprint density at radius 1 is 1.20 bits per heavy atom. The second-order valence-corrected chi connectivity index (χ2v) is 7.16. The summed E-state index contributed by atoms with van der Waals surface area (Å²) in [6, 6.07) is 14.0. The van der Waals surface area contributed by atoms with E-state index in [1.807, 2.05) is 55.5 Å². The summed E-state index contributed by atoms with van der Waals surface area (Å²) < 4.78 is 13.6. The van der Waals surface area contributed by atoms with Gasteiger partial charge < -0.3 is 18.9 Å². The smallest absolute Gasteiger partial charge is 0.219 e. The van der Waals surface area contributed by atoms with E-state index in [1.54, 1.807) is 26.0 Å². The van der Waals surface area contributed by atoms with Crippen LogP contribution in [0.1, 0.15) is 31.7 Å². The number of hydrogen-bond acceptors (Lipinski definition) is 4. The maximum absolute atomic E-state index is 11.7. The van der Waals surface area contributed by atoms with Gasteiger partial charge in [0.2, 0.25) is 5.91 Å². The number of fused-ring (bicyclic) bond motifs is 1. The van der Waals surface area contributed by atoms with Gasteiger partial charge in [0.15, 0.2) is 11.5 Å². The number of hydrogen-bond donors (Lipinski definition) is 0. The van der Waals surface area contributed by atoms with Crippen LogP contribution in [0.3, 0.4) is 0 Å². The van der Waals surface area contributed by atoms with Crippen LogP contribution >= 0.6 is 0 Å². The van der Waals surface area contributed by atoms with Gasteiger partial charge in [-0.05, 0) is 43.2 Å². The van der Waals surface area contributed by atoms with E-state index in [9.17, 15) is 4.79 Å². The van der Waals surface area contributed by atoms with E-state index < -0.39 is 0 Å². The summed E-state index contributed by atoms with van der Waals surface area (Å²) in [5, 5.41) is 0. The lowest BCUT2D eigenvalue weighted by atomic mass is 10.2. The third kappa shape index (κ3) is 5.00. The Morgan fingerprint density at radius 3 is 2.73 bits per heavy atom. The number of benzene rings is 2. The van der Waals surface area contributed by atoms with Crippen LogP contribution in [-0.4, -0.2) is 41.1 Å². The molecule has 1 heterocycles. The Kier molecular flexibility index (Phi) is 7.12. The Morgan fingerprint density at radius 2 is 2.00 bits per heavy atom. The molecule has 0 aliphatic heterocycles. The minimum absolute atomic E-state index is 0.0189. The largest absolute Gasteiger partial charge is 0.493 e. The van der Waals surface area contributed by atoms with Gasteiger partial charge in [0.05, 0.1) is 31.3 Å². The number of imidazole rings is 1. The summed E-state index contributed by atoms with van der Waals surface area (Å²) in [6.07, 6.45) is 4.82. The quantitative estimate of drug-likeness (QED) is 0.489. The van der Waals surface area contributed by atoms with Crippen molar-refractivity contribution in [1.29, 1.82) is 0 Å². The van der Waals surface area contributed by atoms with Crippen molar-refractivity contribution in [1.82, 2.24) is 14.5 Å². The van der Waals surface area contributed by atoms with E-state index in [0.717, 1.165) is 46.9 Å². The standard InChI is InChI=1S/C24H29N3O3/c1-5-9-19-12-13-22(23(16-19)29-4)30-15-8-14-27-21-11-7-6-10-20(21)25-24(27)17-26(3)18(2)28/h5-7,9-13,16H,8,14-15,17H2,1-4H3/b9-5+. The molecule has 158 valence electrons. The molecule has 0 aliphatic rings. The first-order chi connectivity index (χ1) is 14.5. The number of ether oxygens (including phenoxy) is 2. The van der Waals surface area contributed by atoms with Crippen LogP contribution in [0.5, 0.6) is 11.5 Å². The molecule has 1 amide bonds. The van der Waals surface area contributed by atoms with Gasteiger partial charge in [0.1, 0.15) is 5.82 Å². The first-order valence-corrected chi connectivity index (χ1v) is 10.1. The number of carbonyl (C=O) groups is 1. The third-order valence-electron chi connectivity index (χ3n) is 4.98. The van der Waals surface area contributed by atoms with Gasteiger partial charge in [-0.1, -0.05) is 30.4 Å². The number of aryl methyl sites for hydroxylation is 1. The maximum atomic E-state index is 11.7. The molecular formula is C24H29N3O3. The molecule has 0 atom stereocenters. The summed E-state index contributed by atoms with van der Waals surface area (Å²) in [5.74, 6) is 2.35. The predicted octanol–water partition coefficient (Wildman–Crippen LogP) is 4.53. The van der Waals surface area contributed by atoms with E-state index in [1.165, 1.54) is 0 Å². The Bertz CT molecular complexity index is 1040. The number of nitrogens with zero attached hydrogens (tertiary/aromatic N) is 3. The van der Waals surface area contributed by atoms with Crippen LogP contribution in [0, 0.1) is 0 Å². The van der Waals surface area contributed by atoms with Gasteiger partial charge >= 0.3 is 0 Å². The Hall–Kier alpha value is -3.28. The zero-order valence-corrected chi connectivity index (χ0v) is 18.1. The molecule has 0 radical (unpaired) electrons. The number of amides is 1. The van der Waals surface area contributed by atoms with E-state index in [2.05, 4.69) is 10.6 Å². The highest BCUT2D eigenvalue weighted by molar-refractivity contribution is 5.76. The molecule has 2 aromatic carbocycles. The van der Waals surface area contributed by atoms with Gasteiger partial charge in [-0.25, -0.2) is 4.98 Å². The molecule has 30 heavy (non-hydrogen) atoms. The predicted molar refractivity (Wildman–Crippen MR) is 120 cm³/mol. The Balaban J connectivity index is 1.69. The zero-order chi connectivity index (χ0) is 21.5. The zero-order valence-electron chi connectivity index (χ0n) is 18.1. The highest BCUT2D eigenvalue weighted by Gasteiger charge is 2.14. The van der Waals surface area contributed by atoms with Crippen molar-refractivity contribution in [2.75, 3.05) is 20.8 Å². The average Bonchev–Trinajstić information content (AvgIpc) is 3.09. The second kappa shape index (κ2) is 9.96. The lowest BCUT2D eigenvalue weighted by Gasteiger charge is -2.16. The third-order valence-corrected chi connectivity index (χ3v) is 4.98. The molecule has 0 aliphatic carbocycles. The van der Waals surface area contributed by atoms with Crippen molar-refractivity contribution in [3.8, 4) is 11.5 Å². The lowest BCUT2D eigenvalue weighted by molar-refractivity contribution is -0.128. The van der Waals surface area contributed by atoms with Crippen LogP contribution < -0.4 is 9.47 Å².